The van der Waals surface area contributed by atoms with Gasteiger partial charge < -0.3 is 5.32 Å². The summed E-state index contributed by atoms with van der Waals surface area (Å²) in [5.74, 6) is 0.221. The van der Waals surface area contributed by atoms with Crippen LogP contribution in [0, 0.1) is 11.7 Å². The Labute approximate surface area is 115 Å². The Bertz CT molecular complexity index is 385. The Kier molecular flexibility index (Phi) is 5.61. The molecular weight excluding hydrogens is 249 g/mol. The third-order valence-corrected chi connectivity index (χ3v) is 3.34. The Morgan fingerprint density at radius 3 is 2.61 bits per heavy atom. The molecule has 3 heteroatoms. The number of aryl methyl sites for hydroxylation is 1. The standard InChI is InChI=1S/C15H23ClFN/c1-11(10-18-15(2,3)4)8-9-12-6-5-7-13(17)14(12)16/h5-7,11,18H,8-10H2,1-4H3. The van der Waals surface area contributed by atoms with Crippen LogP contribution >= 0.6 is 11.6 Å². The maximum atomic E-state index is 13.3. The van der Waals surface area contributed by atoms with Crippen LogP contribution in [0.5, 0.6) is 0 Å². The minimum atomic E-state index is -0.324. The van der Waals surface area contributed by atoms with Gasteiger partial charge in [-0.3, -0.25) is 0 Å². The molecule has 1 atom stereocenters. The summed E-state index contributed by atoms with van der Waals surface area (Å²) in [5, 5.41) is 3.75. The van der Waals surface area contributed by atoms with Crippen LogP contribution in [0.2, 0.25) is 5.02 Å². The smallest absolute Gasteiger partial charge is 0.142 e. The van der Waals surface area contributed by atoms with Crippen LogP contribution in [0.3, 0.4) is 0 Å². The molecule has 0 amide bonds. The molecule has 102 valence electrons. The van der Waals surface area contributed by atoms with Crippen LogP contribution in [0.4, 0.5) is 4.39 Å². The van der Waals surface area contributed by atoms with E-state index in [-0.39, 0.29) is 16.4 Å². The second kappa shape index (κ2) is 6.53. The average molecular weight is 272 g/mol. The predicted octanol–water partition coefficient (Wildman–Crippen LogP) is 4.44. The lowest BCUT2D eigenvalue weighted by Gasteiger charge is -2.23. The third-order valence-electron chi connectivity index (χ3n) is 2.92. The van der Waals surface area contributed by atoms with Crippen molar-refractivity contribution in [1.82, 2.24) is 5.32 Å². The molecule has 0 fully saturated rings. The van der Waals surface area contributed by atoms with Crippen LogP contribution in [0.1, 0.15) is 39.7 Å². The summed E-state index contributed by atoms with van der Waals surface area (Å²) in [7, 11) is 0. The number of hydrogen-bond acceptors (Lipinski definition) is 1. The first-order valence-corrected chi connectivity index (χ1v) is 6.85. The van der Waals surface area contributed by atoms with E-state index in [4.69, 9.17) is 11.6 Å². The predicted molar refractivity (Wildman–Crippen MR) is 76.7 cm³/mol. The van der Waals surface area contributed by atoms with Gasteiger partial charge in [-0.05, 0) is 57.7 Å². The molecule has 0 aliphatic carbocycles. The largest absolute Gasteiger partial charge is 0.312 e. The fraction of sp³-hybridized carbons (Fsp3) is 0.600. The molecule has 0 saturated carbocycles. The molecule has 1 rings (SSSR count). The summed E-state index contributed by atoms with van der Waals surface area (Å²) >= 11 is 5.94. The van der Waals surface area contributed by atoms with E-state index in [1.165, 1.54) is 6.07 Å². The fourth-order valence-electron chi connectivity index (χ4n) is 1.73. The second-order valence-corrected chi connectivity index (χ2v) is 6.37. The first-order valence-electron chi connectivity index (χ1n) is 6.47. The molecule has 0 aliphatic rings. The molecular formula is C15H23ClFN. The van der Waals surface area contributed by atoms with Crippen molar-refractivity contribution in [2.24, 2.45) is 5.92 Å². The van der Waals surface area contributed by atoms with Gasteiger partial charge in [-0.2, -0.15) is 0 Å². The zero-order valence-electron chi connectivity index (χ0n) is 11.7. The number of hydrogen-bond donors (Lipinski definition) is 1. The number of benzene rings is 1. The molecule has 18 heavy (non-hydrogen) atoms. The van der Waals surface area contributed by atoms with Gasteiger partial charge in [0.2, 0.25) is 0 Å². The summed E-state index contributed by atoms with van der Waals surface area (Å²) in [6, 6.07) is 5.01. The summed E-state index contributed by atoms with van der Waals surface area (Å²) in [5.41, 5.74) is 1.05. The van der Waals surface area contributed by atoms with Crippen molar-refractivity contribution in [3.8, 4) is 0 Å². The molecule has 1 aromatic carbocycles. The summed E-state index contributed by atoms with van der Waals surface area (Å²) in [6.45, 7) is 9.64. The van der Waals surface area contributed by atoms with Crippen molar-refractivity contribution < 1.29 is 4.39 Å². The van der Waals surface area contributed by atoms with Gasteiger partial charge >= 0.3 is 0 Å². The number of nitrogens with one attached hydrogen (secondary N) is 1. The van der Waals surface area contributed by atoms with E-state index in [9.17, 15) is 4.39 Å². The van der Waals surface area contributed by atoms with E-state index < -0.39 is 0 Å². The van der Waals surface area contributed by atoms with Crippen molar-refractivity contribution in [1.29, 1.82) is 0 Å². The molecule has 0 heterocycles. The highest BCUT2D eigenvalue weighted by Crippen LogP contribution is 2.22. The number of rotatable bonds is 5. The molecule has 1 N–H and O–H groups in total. The molecule has 0 bridgehead atoms. The van der Waals surface area contributed by atoms with Crippen LogP contribution in [-0.2, 0) is 6.42 Å². The zero-order valence-corrected chi connectivity index (χ0v) is 12.4. The van der Waals surface area contributed by atoms with E-state index in [1.807, 2.05) is 6.07 Å². The monoisotopic (exact) mass is 271 g/mol. The Balaban J connectivity index is 2.43. The van der Waals surface area contributed by atoms with Gasteiger partial charge in [-0.25, -0.2) is 4.39 Å². The SMILES string of the molecule is CC(CCc1cccc(F)c1Cl)CNC(C)(C)C. The maximum absolute atomic E-state index is 13.3. The Morgan fingerprint density at radius 1 is 1.33 bits per heavy atom. The van der Waals surface area contributed by atoms with Crippen molar-refractivity contribution in [2.45, 2.75) is 46.1 Å². The van der Waals surface area contributed by atoms with Crippen molar-refractivity contribution in [3.05, 3.63) is 34.6 Å². The minimum Gasteiger partial charge on any atom is -0.312 e. The lowest BCUT2D eigenvalue weighted by molar-refractivity contribution is 0.372. The van der Waals surface area contributed by atoms with E-state index in [0.29, 0.717) is 5.92 Å². The molecule has 1 nitrogen and oxygen atoms in total. The summed E-state index contributed by atoms with van der Waals surface area (Å²) < 4.78 is 13.3. The van der Waals surface area contributed by atoms with Gasteiger partial charge in [0.25, 0.3) is 0 Å². The van der Waals surface area contributed by atoms with Gasteiger partial charge in [-0.15, -0.1) is 0 Å². The van der Waals surface area contributed by atoms with E-state index in [0.717, 1.165) is 24.9 Å². The second-order valence-electron chi connectivity index (χ2n) is 5.99. The highest BCUT2D eigenvalue weighted by atomic mass is 35.5. The Morgan fingerprint density at radius 2 is 2.00 bits per heavy atom. The Hall–Kier alpha value is -0.600. The maximum Gasteiger partial charge on any atom is 0.142 e. The van der Waals surface area contributed by atoms with Gasteiger partial charge in [0, 0.05) is 5.54 Å². The molecule has 1 unspecified atom stereocenters. The van der Waals surface area contributed by atoms with Crippen LogP contribution in [-0.4, -0.2) is 12.1 Å². The molecule has 0 aliphatic heterocycles. The highest BCUT2D eigenvalue weighted by molar-refractivity contribution is 6.31. The highest BCUT2D eigenvalue weighted by Gasteiger charge is 2.12. The van der Waals surface area contributed by atoms with E-state index in [1.54, 1.807) is 6.07 Å². The van der Waals surface area contributed by atoms with Crippen molar-refractivity contribution >= 4 is 11.6 Å². The van der Waals surface area contributed by atoms with E-state index >= 15 is 0 Å². The van der Waals surface area contributed by atoms with Gasteiger partial charge in [0.1, 0.15) is 5.82 Å². The van der Waals surface area contributed by atoms with Gasteiger partial charge in [0.15, 0.2) is 0 Å². The molecule has 0 spiro atoms. The molecule has 1 aromatic rings. The van der Waals surface area contributed by atoms with Crippen molar-refractivity contribution in [2.75, 3.05) is 6.54 Å². The third kappa shape index (κ3) is 5.36. The normalized spacial score (nSPS) is 13.7. The topological polar surface area (TPSA) is 12.0 Å². The molecule has 0 radical (unpaired) electrons. The van der Waals surface area contributed by atoms with Crippen LogP contribution < -0.4 is 5.32 Å². The van der Waals surface area contributed by atoms with Gasteiger partial charge in [0.05, 0.1) is 5.02 Å². The van der Waals surface area contributed by atoms with E-state index in [2.05, 4.69) is 33.0 Å². The first-order chi connectivity index (χ1) is 8.29. The lowest BCUT2D eigenvalue weighted by Crippen LogP contribution is -2.38. The van der Waals surface area contributed by atoms with Crippen molar-refractivity contribution in [3.63, 3.8) is 0 Å². The average Bonchev–Trinajstić information content (AvgIpc) is 2.27. The quantitative estimate of drug-likeness (QED) is 0.835. The molecule has 0 aromatic heterocycles. The molecule has 0 saturated heterocycles. The fourth-order valence-corrected chi connectivity index (χ4v) is 1.95. The first kappa shape index (κ1) is 15.5. The number of halogens is 2. The summed E-state index contributed by atoms with van der Waals surface area (Å²) in [4.78, 5) is 0. The lowest BCUT2D eigenvalue weighted by atomic mass is 9.99. The summed E-state index contributed by atoms with van der Waals surface area (Å²) in [6.07, 6.45) is 1.83. The van der Waals surface area contributed by atoms with Gasteiger partial charge in [-0.1, -0.05) is 30.7 Å². The minimum absolute atomic E-state index is 0.144. The van der Waals surface area contributed by atoms with Crippen LogP contribution in [0.15, 0.2) is 18.2 Å². The zero-order chi connectivity index (χ0) is 13.8. The van der Waals surface area contributed by atoms with Crippen LogP contribution in [0.25, 0.3) is 0 Å².